The molecule has 1 heterocycles. The average molecular weight is 398 g/mol. The van der Waals surface area contributed by atoms with Crippen LogP contribution in [-0.2, 0) is 11.2 Å². The second-order valence-corrected chi connectivity index (χ2v) is 7.03. The van der Waals surface area contributed by atoms with Crippen LogP contribution in [0.1, 0.15) is 38.9 Å². The number of aryl methyl sites for hydroxylation is 1. The van der Waals surface area contributed by atoms with Gasteiger partial charge in [0.2, 0.25) is 5.91 Å². The number of carbonyl (C=O) groups is 1. The molecule has 2 rings (SSSR count). The Labute approximate surface area is 166 Å². The van der Waals surface area contributed by atoms with Gasteiger partial charge in [-0.15, -0.1) is 12.4 Å². The first-order valence-corrected chi connectivity index (χ1v) is 9.10. The Balaban J connectivity index is 0.00000364. The first kappa shape index (κ1) is 23.1. The molecular weight excluding hydrogens is 369 g/mol. The van der Waals surface area contributed by atoms with E-state index in [-0.39, 0.29) is 30.0 Å². The van der Waals surface area contributed by atoms with Crippen LogP contribution in [0.25, 0.3) is 11.3 Å². The molecule has 7 heteroatoms. The molecule has 0 saturated heterocycles. The van der Waals surface area contributed by atoms with Crippen molar-refractivity contribution in [1.29, 1.82) is 0 Å². The summed E-state index contributed by atoms with van der Waals surface area (Å²) in [5.74, 6) is 0.636. The van der Waals surface area contributed by atoms with E-state index in [9.17, 15) is 9.18 Å². The van der Waals surface area contributed by atoms with E-state index in [1.165, 1.54) is 12.1 Å². The van der Waals surface area contributed by atoms with Crippen LogP contribution in [0.2, 0.25) is 0 Å². The molecule has 1 atom stereocenters. The highest BCUT2D eigenvalue weighted by molar-refractivity contribution is 5.85. The molecule has 0 radical (unpaired) electrons. The molecular formula is C20H29ClFN3O2. The van der Waals surface area contributed by atoms with Crippen LogP contribution in [-0.4, -0.2) is 35.6 Å². The number of aromatic nitrogens is 1. The van der Waals surface area contributed by atoms with Crippen molar-refractivity contribution in [2.45, 2.75) is 45.6 Å². The summed E-state index contributed by atoms with van der Waals surface area (Å²) in [5, 5.41) is 4.01. The standard InChI is InChI=1S/C20H28FN3O2.ClH/c1-14(2)19(22)20(25)24(3)11-6-4-5-10-17-13-18(23-26-17)15-8-7-9-16(21)12-15;/h7-9,12-14,19H,4-6,10-11,22H2,1-3H3;1H/t19-;/m0./s1. The third kappa shape index (κ3) is 6.96. The first-order chi connectivity index (χ1) is 12.4. The molecule has 0 aliphatic carbocycles. The summed E-state index contributed by atoms with van der Waals surface area (Å²) in [7, 11) is 1.80. The van der Waals surface area contributed by atoms with Gasteiger partial charge in [-0.25, -0.2) is 4.39 Å². The Bertz CT molecular complexity index is 721. The highest BCUT2D eigenvalue weighted by atomic mass is 35.5. The zero-order valence-electron chi connectivity index (χ0n) is 16.2. The fraction of sp³-hybridized carbons (Fsp3) is 0.500. The number of likely N-dealkylation sites (N-methyl/N-ethyl adjacent to an activating group) is 1. The maximum absolute atomic E-state index is 13.3. The number of carbonyl (C=O) groups excluding carboxylic acids is 1. The van der Waals surface area contributed by atoms with E-state index in [1.54, 1.807) is 24.1 Å². The number of hydrogen-bond donors (Lipinski definition) is 1. The minimum atomic E-state index is -0.435. The summed E-state index contributed by atoms with van der Waals surface area (Å²) in [5.41, 5.74) is 7.25. The second kappa shape index (κ2) is 11.0. The molecule has 0 aliphatic rings. The molecule has 2 N–H and O–H groups in total. The normalized spacial score (nSPS) is 11.9. The number of benzene rings is 1. The largest absolute Gasteiger partial charge is 0.361 e. The van der Waals surface area contributed by atoms with E-state index in [2.05, 4.69) is 5.16 Å². The molecule has 0 unspecified atom stereocenters. The highest BCUT2D eigenvalue weighted by Gasteiger charge is 2.20. The molecule has 1 aromatic carbocycles. The van der Waals surface area contributed by atoms with Crippen LogP contribution in [0.5, 0.6) is 0 Å². The van der Waals surface area contributed by atoms with Crippen molar-refractivity contribution in [3.63, 3.8) is 0 Å². The van der Waals surface area contributed by atoms with Crippen molar-refractivity contribution in [2.24, 2.45) is 11.7 Å². The Morgan fingerprint density at radius 1 is 1.26 bits per heavy atom. The molecule has 1 amide bonds. The van der Waals surface area contributed by atoms with Crippen LogP contribution >= 0.6 is 12.4 Å². The number of nitrogens with two attached hydrogens (primary N) is 1. The first-order valence-electron chi connectivity index (χ1n) is 9.10. The van der Waals surface area contributed by atoms with E-state index >= 15 is 0 Å². The van der Waals surface area contributed by atoms with Crippen molar-refractivity contribution in [2.75, 3.05) is 13.6 Å². The smallest absolute Gasteiger partial charge is 0.239 e. The summed E-state index contributed by atoms with van der Waals surface area (Å²) < 4.78 is 18.6. The van der Waals surface area contributed by atoms with Gasteiger partial charge in [-0.05, 0) is 30.9 Å². The molecule has 0 fully saturated rings. The molecule has 0 spiro atoms. The van der Waals surface area contributed by atoms with E-state index in [1.807, 2.05) is 19.9 Å². The van der Waals surface area contributed by atoms with Gasteiger partial charge in [-0.1, -0.05) is 37.6 Å². The van der Waals surface area contributed by atoms with Gasteiger partial charge >= 0.3 is 0 Å². The molecule has 150 valence electrons. The van der Waals surface area contributed by atoms with Crippen LogP contribution in [0.4, 0.5) is 4.39 Å². The van der Waals surface area contributed by atoms with Crippen LogP contribution in [0.15, 0.2) is 34.9 Å². The van der Waals surface area contributed by atoms with Crippen molar-refractivity contribution >= 4 is 18.3 Å². The maximum atomic E-state index is 13.3. The number of hydrogen-bond acceptors (Lipinski definition) is 4. The average Bonchev–Trinajstić information content (AvgIpc) is 3.08. The van der Waals surface area contributed by atoms with Gasteiger partial charge in [0.15, 0.2) is 0 Å². The summed E-state index contributed by atoms with van der Waals surface area (Å²) in [6, 6.07) is 7.72. The lowest BCUT2D eigenvalue weighted by atomic mass is 10.0. The zero-order chi connectivity index (χ0) is 19.1. The van der Waals surface area contributed by atoms with Crippen LogP contribution < -0.4 is 5.73 Å². The molecule has 0 bridgehead atoms. The van der Waals surface area contributed by atoms with E-state index in [0.717, 1.165) is 31.4 Å². The number of nitrogens with zero attached hydrogens (tertiary/aromatic N) is 2. The lowest BCUT2D eigenvalue weighted by molar-refractivity contribution is -0.132. The molecule has 1 aromatic heterocycles. The Morgan fingerprint density at radius 3 is 2.67 bits per heavy atom. The van der Waals surface area contributed by atoms with Gasteiger partial charge in [0.1, 0.15) is 17.3 Å². The zero-order valence-corrected chi connectivity index (χ0v) is 17.0. The van der Waals surface area contributed by atoms with Gasteiger partial charge in [0.05, 0.1) is 6.04 Å². The second-order valence-electron chi connectivity index (χ2n) is 7.03. The SMILES string of the molecule is CC(C)[C@H](N)C(=O)N(C)CCCCCc1cc(-c2cccc(F)c2)no1.Cl. The van der Waals surface area contributed by atoms with Crippen molar-refractivity contribution < 1.29 is 13.7 Å². The summed E-state index contributed by atoms with van der Waals surface area (Å²) in [6.45, 7) is 4.60. The lowest BCUT2D eigenvalue weighted by Gasteiger charge is -2.23. The summed E-state index contributed by atoms with van der Waals surface area (Å²) in [4.78, 5) is 13.8. The molecule has 0 aliphatic heterocycles. The van der Waals surface area contributed by atoms with Gasteiger partial charge in [0, 0.05) is 31.6 Å². The molecule has 0 saturated carbocycles. The monoisotopic (exact) mass is 397 g/mol. The van der Waals surface area contributed by atoms with Crippen LogP contribution in [0.3, 0.4) is 0 Å². The van der Waals surface area contributed by atoms with E-state index in [0.29, 0.717) is 17.8 Å². The van der Waals surface area contributed by atoms with Crippen molar-refractivity contribution in [3.05, 3.63) is 41.9 Å². The van der Waals surface area contributed by atoms with Gasteiger partial charge in [-0.2, -0.15) is 0 Å². The fourth-order valence-electron chi connectivity index (χ4n) is 2.69. The predicted octanol–water partition coefficient (Wildman–Crippen LogP) is 4.06. The van der Waals surface area contributed by atoms with E-state index < -0.39 is 6.04 Å². The molecule has 27 heavy (non-hydrogen) atoms. The molecule has 2 aromatic rings. The van der Waals surface area contributed by atoms with Crippen LogP contribution in [0, 0.1) is 11.7 Å². The lowest BCUT2D eigenvalue weighted by Crippen LogP contribution is -2.45. The topological polar surface area (TPSA) is 72.4 Å². The number of amides is 1. The highest BCUT2D eigenvalue weighted by Crippen LogP contribution is 2.21. The number of rotatable bonds is 9. The third-order valence-electron chi connectivity index (χ3n) is 4.48. The third-order valence-corrected chi connectivity index (χ3v) is 4.48. The summed E-state index contributed by atoms with van der Waals surface area (Å²) in [6.07, 6.45) is 3.60. The fourth-order valence-corrected chi connectivity index (χ4v) is 2.69. The number of halogens is 2. The Morgan fingerprint density at radius 2 is 2.00 bits per heavy atom. The molecule has 5 nitrogen and oxygen atoms in total. The minimum absolute atomic E-state index is 0. The van der Waals surface area contributed by atoms with Gasteiger partial charge in [-0.3, -0.25) is 4.79 Å². The van der Waals surface area contributed by atoms with Gasteiger partial charge in [0.25, 0.3) is 0 Å². The minimum Gasteiger partial charge on any atom is -0.361 e. The van der Waals surface area contributed by atoms with Crippen molar-refractivity contribution in [1.82, 2.24) is 10.1 Å². The van der Waals surface area contributed by atoms with E-state index in [4.69, 9.17) is 10.3 Å². The maximum Gasteiger partial charge on any atom is 0.239 e. The Kier molecular flexibility index (Phi) is 9.46. The quantitative estimate of drug-likeness (QED) is 0.647. The van der Waals surface area contributed by atoms with Crippen molar-refractivity contribution in [3.8, 4) is 11.3 Å². The summed E-state index contributed by atoms with van der Waals surface area (Å²) >= 11 is 0. The van der Waals surface area contributed by atoms with Gasteiger partial charge < -0.3 is 15.2 Å². The predicted molar refractivity (Wildman–Crippen MR) is 107 cm³/mol. The Hall–Kier alpha value is -1.92. The number of unbranched alkanes of at least 4 members (excludes halogenated alkanes) is 2.